The van der Waals surface area contributed by atoms with Gasteiger partial charge in [0.05, 0.1) is 12.1 Å². The maximum Gasteiger partial charge on any atom is 0.225 e. The van der Waals surface area contributed by atoms with E-state index in [0.29, 0.717) is 11.8 Å². The molecule has 0 spiro atoms. The fraction of sp³-hybridized carbons (Fsp3) is 0.600. The van der Waals surface area contributed by atoms with E-state index in [1.54, 1.807) is 12.3 Å². The number of anilines is 2. The zero-order valence-corrected chi connectivity index (χ0v) is 9.20. The van der Waals surface area contributed by atoms with Gasteiger partial charge in [-0.1, -0.05) is 13.8 Å². The van der Waals surface area contributed by atoms with Crippen molar-refractivity contribution in [1.29, 1.82) is 0 Å². The molecule has 0 saturated heterocycles. The highest BCUT2D eigenvalue weighted by Crippen LogP contribution is 2.19. The summed E-state index contributed by atoms with van der Waals surface area (Å²) in [7, 11) is 0. The third-order valence-electron chi connectivity index (χ3n) is 2.71. The molecule has 5 nitrogen and oxygen atoms in total. The third-order valence-corrected chi connectivity index (χ3v) is 2.71. The third kappa shape index (κ3) is 2.79. The van der Waals surface area contributed by atoms with Gasteiger partial charge < -0.3 is 16.2 Å². The van der Waals surface area contributed by atoms with E-state index < -0.39 is 0 Å². The molecule has 0 fully saturated rings. The molecule has 0 atom stereocenters. The van der Waals surface area contributed by atoms with Crippen LogP contribution in [0.3, 0.4) is 0 Å². The fourth-order valence-corrected chi connectivity index (χ4v) is 1.36. The quantitative estimate of drug-likeness (QED) is 0.675. The number of hydrogen-bond donors (Lipinski definition) is 3. The summed E-state index contributed by atoms with van der Waals surface area (Å²) in [5.41, 5.74) is 5.19. The van der Waals surface area contributed by atoms with E-state index in [1.807, 2.05) is 13.8 Å². The van der Waals surface area contributed by atoms with Gasteiger partial charge in [-0.2, -0.15) is 4.98 Å². The van der Waals surface area contributed by atoms with Gasteiger partial charge in [-0.05, 0) is 18.9 Å². The summed E-state index contributed by atoms with van der Waals surface area (Å²) >= 11 is 0. The number of rotatable bonds is 5. The molecule has 84 valence electrons. The molecular weight excluding hydrogens is 192 g/mol. The Labute approximate surface area is 89.7 Å². The first-order valence-electron chi connectivity index (χ1n) is 5.13. The molecular formula is C10H18N4O. The topological polar surface area (TPSA) is 84.1 Å². The summed E-state index contributed by atoms with van der Waals surface area (Å²) in [6.07, 6.45) is 3.20. The average molecular weight is 210 g/mol. The highest BCUT2D eigenvalue weighted by Gasteiger charge is 2.25. The van der Waals surface area contributed by atoms with Crippen molar-refractivity contribution < 1.29 is 5.11 Å². The molecule has 0 bridgehead atoms. The first-order valence-corrected chi connectivity index (χ1v) is 5.13. The van der Waals surface area contributed by atoms with Gasteiger partial charge in [0.25, 0.3) is 0 Å². The van der Waals surface area contributed by atoms with Gasteiger partial charge in [-0.3, -0.25) is 0 Å². The minimum Gasteiger partial charge on any atom is -0.394 e. The van der Waals surface area contributed by atoms with Crippen molar-refractivity contribution in [1.82, 2.24) is 9.97 Å². The molecule has 0 aliphatic heterocycles. The molecule has 0 radical (unpaired) electrons. The van der Waals surface area contributed by atoms with Crippen LogP contribution >= 0.6 is 0 Å². The highest BCUT2D eigenvalue weighted by atomic mass is 16.3. The molecule has 0 unspecified atom stereocenters. The van der Waals surface area contributed by atoms with Crippen LogP contribution in [0.25, 0.3) is 0 Å². The lowest BCUT2D eigenvalue weighted by Crippen LogP contribution is -2.41. The van der Waals surface area contributed by atoms with E-state index in [1.165, 1.54) is 0 Å². The fourth-order valence-electron chi connectivity index (χ4n) is 1.36. The van der Waals surface area contributed by atoms with Crippen molar-refractivity contribution in [2.45, 2.75) is 32.2 Å². The molecule has 0 saturated carbocycles. The first kappa shape index (κ1) is 11.7. The van der Waals surface area contributed by atoms with E-state index in [-0.39, 0.29) is 12.1 Å². The smallest absolute Gasteiger partial charge is 0.225 e. The number of hydrogen-bond acceptors (Lipinski definition) is 5. The van der Waals surface area contributed by atoms with Crippen molar-refractivity contribution in [2.75, 3.05) is 17.7 Å². The lowest BCUT2D eigenvalue weighted by Gasteiger charge is -2.30. The number of aliphatic hydroxyl groups excluding tert-OH is 1. The Balaban J connectivity index is 2.82. The molecule has 1 rings (SSSR count). The molecule has 0 aliphatic carbocycles. The van der Waals surface area contributed by atoms with Gasteiger partial charge in [-0.25, -0.2) is 4.98 Å². The minimum absolute atomic E-state index is 0.0537. The molecule has 4 N–H and O–H groups in total. The van der Waals surface area contributed by atoms with E-state index >= 15 is 0 Å². The Hall–Kier alpha value is -1.36. The summed E-state index contributed by atoms with van der Waals surface area (Å²) in [5, 5.41) is 12.5. The second-order valence-corrected chi connectivity index (χ2v) is 3.58. The van der Waals surface area contributed by atoms with Crippen molar-refractivity contribution in [3.05, 3.63) is 12.3 Å². The molecule has 5 heteroatoms. The summed E-state index contributed by atoms with van der Waals surface area (Å²) in [6.45, 7) is 4.08. The summed E-state index contributed by atoms with van der Waals surface area (Å²) in [6, 6.07) is 1.63. The molecule has 1 aromatic heterocycles. The van der Waals surface area contributed by atoms with Gasteiger partial charge in [0.15, 0.2) is 0 Å². The predicted molar refractivity (Wildman–Crippen MR) is 60.5 cm³/mol. The number of nitrogen functional groups attached to an aromatic ring is 1. The SMILES string of the molecule is CCC(CC)(CO)Nc1nccc(N)n1. The number of aliphatic hydroxyl groups is 1. The molecule has 0 aromatic carbocycles. The van der Waals surface area contributed by atoms with Crippen LogP contribution in [-0.4, -0.2) is 27.2 Å². The van der Waals surface area contributed by atoms with Gasteiger partial charge in [0, 0.05) is 6.20 Å². The van der Waals surface area contributed by atoms with Gasteiger partial charge in [0.2, 0.25) is 5.95 Å². The zero-order chi connectivity index (χ0) is 11.3. The van der Waals surface area contributed by atoms with E-state index in [4.69, 9.17) is 5.73 Å². The Kier molecular flexibility index (Phi) is 3.85. The summed E-state index contributed by atoms with van der Waals surface area (Å²) in [5.74, 6) is 0.888. The minimum atomic E-state index is -0.353. The van der Waals surface area contributed by atoms with Crippen molar-refractivity contribution >= 4 is 11.8 Å². The second kappa shape index (κ2) is 4.93. The van der Waals surface area contributed by atoms with Gasteiger partial charge in [-0.15, -0.1) is 0 Å². The Morgan fingerprint density at radius 1 is 1.47 bits per heavy atom. The van der Waals surface area contributed by atoms with Crippen LogP contribution in [0.15, 0.2) is 12.3 Å². The van der Waals surface area contributed by atoms with Crippen molar-refractivity contribution in [3.63, 3.8) is 0 Å². The van der Waals surface area contributed by atoms with E-state index in [2.05, 4.69) is 15.3 Å². The average Bonchev–Trinajstić information content (AvgIpc) is 2.26. The van der Waals surface area contributed by atoms with Crippen LogP contribution < -0.4 is 11.1 Å². The normalized spacial score (nSPS) is 11.4. The van der Waals surface area contributed by atoms with Crippen molar-refractivity contribution in [3.8, 4) is 0 Å². The second-order valence-electron chi connectivity index (χ2n) is 3.58. The van der Waals surface area contributed by atoms with E-state index in [9.17, 15) is 5.11 Å². The molecule has 0 amide bonds. The maximum absolute atomic E-state index is 9.36. The number of nitrogens with zero attached hydrogens (tertiary/aromatic N) is 2. The maximum atomic E-state index is 9.36. The number of nitrogens with one attached hydrogen (secondary N) is 1. The van der Waals surface area contributed by atoms with Crippen LogP contribution in [0.2, 0.25) is 0 Å². The molecule has 15 heavy (non-hydrogen) atoms. The highest BCUT2D eigenvalue weighted by molar-refractivity contribution is 5.37. The van der Waals surface area contributed by atoms with Crippen molar-refractivity contribution in [2.24, 2.45) is 0 Å². The first-order chi connectivity index (χ1) is 7.15. The molecule has 0 aliphatic rings. The monoisotopic (exact) mass is 210 g/mol. The number of aromatic nitrogens is 2. The molecule has 1 aromatic rings. The summed E-state index contributed by atoms with van der Waals surface area (Å²) in [4.78, 5) is 8.10. The lowest BCUT2D eigenvalue weighted by atomic mass is 9.94. The lowest BCUT2D eigenvalue weighted by molar-refractivity contribution is 0.201. The van der Waals surface area contributed by atoms with Crippen LogP contribution in [0.5, 0.6) is 0 Å². The number of nitrogens with two attached hydrogens (primary N) is 1. The van der Waals surface area contributed by atoms with Crippen LogP contribution in [-0.2, 0) is 0 Å². The standard InChI is InChI=1S/C10H18N4O/c1-3-10(4-2,7-15)14-9-12-6-5-8(11)13-9/h5-6,15H,3-4,7H2,1-2H3,(H3,11,12,13,14). The van der Waals surface area contributed by atoms with Crippen LogP contribution in [0.4, 0.5) is 11.8 Å². The Morgan fingerprint density at radius 2 is 2.13 bits per heavy atom. The van der Waals surface area contributed by atoms with E-state index in [0.717, 1.165) is 12.8 Å². The largest absolute Gasteiger partial charge is 0.394 e. The zero-order valence-electron chi connectivity index (χ0n) is 9.20. The summed E-state index contributed by atoms with van der Waals surface area (Å²) < 4.78 is 0. The van der Waals surface area contributed by atoms with Crippen LogP contribution in [0, 0.1) is 0 Å². The van der Waals surface area contributed by atoms with Gasteiger partial charge >= 0.3 is 0 Å². The Morgan fingerprint density at radius 3 is 2.60 bits per heavy atom. The molecule has 1 heterocycles. The Bertz CT molecular complexity index is 304. The van der Waals surface area contributed by atoms with Crippen LogP contribution in [0.1, 0.15) is 26.7 Å². The predicted octanol–water partition coefficient (Wildman–Crippen LogP) is 1.02. The van der Waals surface area contributed by atoms with Gasteiger partial charge in [0.1, 0.15) is 5.82 Å².